The van der Waals surface area contributed by atoms with Crippen LogP contribution >= 0.6 is 0 Å². The van der Waals surface area contributed by atoms with Crippen LogP contribution in [-0.2, 0) is 0 Å². The Labute approximate surface area is 136 Å². The van der Waals surface area contributed by atoms with Gasteiger partial charge >= 0.3 is 0 Å². The summed E-state index contributed by atoms with van der Waals surface area (Å²) in [6.45, 7) is 2.82. The molecule has 1 aliphatic carbocycles. The second-order valence-electron chi connectivity index (χ2n) is 5.46. The molecule has 0 spiro atoms. The molecule has 0 bridgehead atoms. The molecule has 0 radical (unpaired) electrons. The minimum atomic E-state index is -0.244. The number of Topliss-reactive ketones (excluding diaryl/α,β-unsaturated/α-hetero) is 1. The average molecular weight is 317 g/mol. The lowest BCUT2D eigenvalue weighted by Crippen LogP contribution is -2.28. The minimum Gasteiger partial charge on any atom is -0.496 e. The molecule has 1 aliphatic rings. The summed E-state index contributed by atoms with van der Waals surface area (Å²) in [6, 6.07) is 3.28. The maximum absolute atomic E-state index is 12.7. The van der Waals surface area contributed by atoms with E-state index >= 15 is 0 Å². The Morgan fingerprint density at radius 1 is 0.957 bits per heavy atom. The molecule has 1 aromatic rings. The van der Waals surface area contributed by atoms with Crippen molar-refractivity contribution in [2.75, 3.05) is 20.8 Å². The second kappa shape index (κ2) is 7.81. The van der Waals surface area contributed by atoms with Crippen molar-refractivity contribution in [1.29, 1.82) is 0 Å². The normalized spacial score (nSPS) is 13.4. The molecule has 2 rings (SSSR count). The van der Waals surface area contributed by atoms with Crippen molar-refractivity contribution in [2.45, 2.75) is 32.6 Å². The second-order valence-corrected chi connectivity index (χ2v) is 5.46. The zero-order valence-corrected chi connectivity index (χ0v) is 13.9. The summed E-state index contributed by atoms with van der Waals surface area (Å²) in [4.78, 5) is 25.1. The lowest BCUT2D eigenvalue weighted by molar-refractivity contribution is 0.0973. The molecular weight excluding hydrogens is 294 g/mol. The number of carbonyl (C=O) groups excluding carboxylic acids is 2. The van der Waals surface area contributed by atoms with Crippen LogP contribution < -0.4 is 14.8 Å². The Hall–Kier alpha value is -2.30. The number of unbranched alkanes of at least 4 members (excludes halogenated alkanes) is 3. The van der Waals surface area contributed by atoms with E-state index < -0.39 is 0 Å². The number of ether oxygens (including phenoxy) is 2. The zero-order valence-electron chi connectivity index (χ0n) is 13.9. The Morgan fingerprint density at radius 3 is 2.22 bits per heavy atom. The summed E-state index contributed by atoms with van der Waals surface area (Å²) >= 11 is 0. The molecule has 5 heteroatoms. The molecule has 0 saturated carbocycles. The van der Waals surface area contributed by atoms with Gasteiger partial charge in [-0.15, -0.1) is 0 Å². The molecule has 0 aliphatic heterocycles. The number of rotatable bonds is 8. The Kier molecular flexibility index (Phi) is 5.79. The summed E-state index contributed by atoms with van der Waals surface area (Å²) in [5, 5.41) is 3.08. The first-order chi connectivity index (χ1) is 11.1. The van der Waals surface area contributed by atoms with Gasteiger partial charge in [-0.05, 0) is 18.6 Å². The van der Waals surface area contributed by atoms with Crippen LogP contribution in [0, 0.1) is 0 Å². The first-order valence-corrected chi connectivity index (χ1v) is 7.93. The maximum Gasteiger partial charge on any atom is 0.213 e. The van der Waals surface area contributed by atoms with Crippen LogP contribution in [0.3, 0.4) is 0 Å². The fraction of sp³-hybridized carbons (Fsp3) is 0.444. The molecule has 0 heterocycles. The van der Waals surface area contributed by atoms with E-state index in [2.05, 4.69) is 12.2 Å². The highest BCUT2D eigenvalue weighted by Crippen LogP contribution is 2.35. The summed E-state index contributed by atoms with van der Waals surface area (Å²) in [5.74, 6) is 0.298. The third-order valence-electron chi connectivity index (χ3n) is 3.91. The van der Waals surface area contributed by atoms with Crippen LogP contribution in [0.1, 0.15) is 53.3 Å². The maximum atomic E-state index is 12.7. The Bertz CT molecular complexity index is 634. The number of hydrogen-bond donors (Lipinski definition) is 1. The van der Waals surface area contributed by atoms with Gasteiger partial charge in [0.2, 0.25) is 5.78 Å². The number of allylic oxidation sites excluding steroid dienone is 2. The fourth-order valence-electron chi connectivity index (χ4n) is 2.68. The highest BCUT2D eigenvalue weighted by molar-refractivity contribution is 6.26. The van der Waals surface area contributed by atoms with Gasteiger partial charge in [0.25, 0.3) is 0 Å². The molecule has 0 unspecified atom stereocenters. The van der Waals surface area contributed by atoms with Crippen LogP contribution in [0.15, 0.2) is 23.9 Å². The molecule has 0 amide bonds. The lowest BCUT2D eigenvalue weighted by atomic mass is 9.90. The van der Waals surface area contributed by atoms with Crippen molar-refractivity contribution in [3.63, 3.8) is 0 Å². The van der Waals surface area contributed by atoms with E-state index in [1.807, 2.05) is 0 Å². The van der Waals surface area contributed by atoms with Crippen molar-refractivity contribution in [2.24, 2.45) is 0 Å². The van der Waals surface area contributed by atoms with Gasteiger partial charge < -0.3 is 14.8 Å². The number of fused-ring (bicyclic) bond motifs is 1. The summed E-state index contributed by atoms with van der Waals surface area (Å²) in [7, 11) is 2.96. The SMILES string of the molecule is CCCCCCNC1=CC(=O)c2c(OC)ccc(OC)c2C1=O. The number of nitrogens with one attached hydrogen (secondary N) is 1. The molecule has 1 N–H and O–H groups in total. The topological polar surface area (TPSA) is 64.6 Å². The van der Waals surface area contributed by atoms with Crippen molar-refractivity contribution in [3.8, 4) is 11.5 Å². The van der Waals surface area contributed by atoms with Crippen LogP contribution in [0.4, 0.5) is 0 Å². The van der Waals surface area contributed by atoms with Crippen molar-refractivity contribution in [1.82, 2.24) is 5.32 Å². The highest BCUT2D eigenvalue weighted by atomic mass is 16.5. The zero-order chi connectivity index (χ0) is 16.8. The number of methoxy groups -OCH3 is 2. The van der Waals surface area contributed by atoms with Crippen molar-refractivity contribution in [3.05, 3.63) is 35.0 Å². The molecule has 5 nitrogen and oxygen atoms in total. The van der Waals surface area contributed by atoms with E-state index in [4.69, 9.17) is 9.47 Å². The number of hydrogen-bond acceptors (Lipinski definition) is 5. The molecule has 0 aromatic heterocycles. The first-order valence-electron chi connectivity index (χ1n) is 7.93. The third-order valence-corrected chi connectivity index (χ3v) is 3.91. The molecule has 0 fully saturated rings. The average Bonchev–Trinajstić information content (AvgIpc) is 2.57. The minimum absolute atomic E-state index is 0.231. The smallest absolute Gasteiger partial charge is 0.213 e. The van der Waals surface area contributed by atoms with E-state index in [-0.39, 0.29) is 22.7 Å². The molecule has 0 atom stereocenters. The third kappa shape index (κ3) is 3.55. The molecular formula is C18H23NO4. The predicted molar refractivity (Wildman–Crippen MR) is 88.4 cm³/mol. The van der Waals surface area contributed by atoms with Gasteiger partial charge in [-0.25, -0.2) is 0 Å². The van der Waals surface area contributed by atoms with Crippen LogP contribution in [-0.4, -0.2) is 32.3 Å². The Morgan fingerprint density at radius 2 is 1.61 bits per heavy atom. The van der Waals surface area contributed by atoms with Gasteiger partial charge in [0, 0.05) is 12.6 Å². The molecule has 1 aromatic carbocycles. The lowest BCUT2D eigenvalue weighted by Gasteiger charge is -2.20. The fourth-order valence-corrected chi connectivity index (χ4v) is 2.68. The van der Waals surface area contributed by atoms with E-state index in [0.29, 0.717) is 23.7 Å². The van der Waals surface area contributed by atoms with E-state index in [1.54, 1.807) is 12.1 Å². The quantitative estimate of drug-likeness (QED) is 0.746. The highest BCUT2D eigenvalue weighted by Gasteiger charge is 2.31. The standard InChI is InChI=1S/C18H23NO4/c1-4-5-6-7-10-19-12-11-13(20)16-14(22-2)8-9-15(23-3)17(16)18(12)21/h8-9,11,19H,4-7,10H2,1-3H3. The van der Waals surface area contributed by atoms with E-state index in [1.165, 1.54) is 26.7 Å². The number of carbonyl (C=O) groups is 2. The summed E-state index contributed by atoms with van der Waals surface area (Å²) < 4.78 is 10.5. The predicted octanol–water partition coefficient (Wildman–Crippen LogP) is 3.14. The van der Waals surface area contributed by atoms with Gasteiger partial charge in [0.1, 0.15) is 11.5 Å². The van der Waals surface area contributed by atoms with Gasteiger partial charge in [-0.1, -0.05) is 26.2 Å². The van der Waals surface area contributed by atoms with E-state index in [0.717, 1.165) is 19.3 Å². The Balaban J connectivity index is 2.24. The van der Waals surface area contributed by atoms with Gasteiger partial charge in [0.15, 0.2) is 5.78 Å². The van der Waals surface area contributed by atoms with Crippen molar-refractivity contribution >= 4 is 11.6 Å². The van der Waals surface area contributed by atoms with Gasteiger partial charge in [-0.3, -0.25) is 9.59 Å². The van der Waals surface area contributed by atoms with Gasteiger partial charge in [-0.2, -0.15) is 0 Å². The van der Waals surface area contributed by atoms with Crippen LogP contribution in [0.5, 0.6) is 11.5 Å². The first kappa shape index (κ1) is 17.1. The van der Waals surface area contributed by atoms with Crippen LogP contribution in [0.25, 0.3) is 0 Å². The summed E-state index contributed by atoms with van der Waals surface area (Å²) in [5.41, 5.74) is 0.870. The molecule has 124 valence electrons. The molecule has 23 heavy (non-hydrogen) atoms. The number of benzene rings is 1. The van der Waals surface area contributed by atoms with Crippen molar-refractivity contribution < 1.29 is 19.1 Å². The summed E-state index contributed by atoms with van der Waals surface area (Å²) in [6.07, 6.45) is 5.75. The largest absolute Gasteiger partial charge is 0.496 e. The van der Waals surface area contributed by atoms with E-state index in [9.17, 15) is 9.59 Å². The van der Waals surface area contributed by atoms with Crippen LogP contribution in [0.2, 0.25) is 0 Å². The number of ketones is 2. The monoisotopic (exact) mass is 317 g/mol. The molecule has 0 saturated heterocycles. The van der Waals surface area contributed by atoms with Gasteiger partial charge in [0.05, 0.1) is 31.0 Å².